The van der Waals surface area contributed by atoms with E-state index in [2.05, 4.69) is 21.0 Å². The number of aliphatic hydroxyl groups is 1. The number of aliphatic hydroxyl groups excluding tert-OH is 1. The summed E-state index contributed by atoms with van der Waals surface area (Å²) >= 11 is 0. The van der Waals surface area contributed by atoms with Gasteiger partial charge in [-0.15, -0.1) is 0 Å². The van der Waals surface area contributed by atoms with Crippen molar-refractivity contribution in [1.29, 1.82) is 0 Å². The molecule has 0 heterocycles. The van der Waals surface area contributed by atoms with E-state index in [1.165, 1.54) is 6.42 Å². The minimum absolute atomic E-state index is 0. The van der Waals surface area contributed by atoms with Crippen LogP contribution in [0.2, 0.25) is 0 Å². The Balaban J connectivity index is 0. The number of likely N-dealkylation sites (N-methyl/N-ethyl adjacent to an activating group) is 1. The maximum Gasteiger partial charge on any atom is 0.182 e. The molecule has 88 valence electrons. The predicted molar refractivity (Wildman–Crippen MR) is 54.4 cm³/mol. The molecule has 1 atom stereocenters. The highest BCUT2D eigenvalue weighted by Crippen LogP contribution is 2.00. The third-order valence-electron chi connectivity index (χ3n) is 1.84. The second kappa shape index (κ2) is 8.48. The average molecular weight is 226 g/mol. The van der Waals surface area contributed by atoms with Crippen LogP contribution < -0.4 is 12.4 Å². The van der Waals surface area contributed by atoms with Crippen LogP contribution in [0.15, 0.2) is 0 Å². The van der Waals surface area contributed by atoms with Gasteiger partial charge in [0.1, 0.15) is 12.6 Å². The molecule has 0 radical (unpaired) electrons. The average Bonchev–Trinajstić information content (AvgIpc) is 1.95. The molecule has 0 saturated heterocycles. The molecule has 1 unspecified atom stereocenters. The first-order valence-electron chi connectivity index (χ1n) is 5.06. The van der Waals surface area contributed by atoms with E-state index in [4.69, 9.17) is 4.74 Å². The molecular weight excluding hydrogens is 202 g/mol. The molecule has 0 amide bonds. The first-order chi connectivity index (χ1) is 5.98. The molecule has 0 saturated carbocycles. The van der Waals surface area contributed by atoms with Crippen LogP contribution in [-0.4, -0.2) is 49.7 Å². The summed E-state index contributed by atoms with van der Waals surface area (Å²) in [6.07, 6.45) is 2.03. The fraction of sp³-hybridized carbons (Fsp3) is 1.00. The minimum Gasteiger partial charge on any atom is -1.00 e. The van der Waals surface area contributed by atoms with E-state index in [1.54, 1.807) is 0 Å². The Kier molecular flexibility index (Phi) is 10.0. The van der Waals surface area contributed by atoms with Crippen LogP contribution in [0.4, 0.5) is 0 Å². The molecule has 0 aliphatic rings. The van der Waals surface area contributed by atoms with E-state index in [0.717, 1.165) is 24.1 Å². The van der Waals surface area contributed by atoms with Gasteiger partial charge in [-0.1, -0.05) is 13.3 Å². The number of rotatable bonds is 7. The van der Waals surface area contributed by atoms with Crippen molar-refractivity contribution < 1.29 is 26.7 Å². The predicted octanol–water partition coefficient (Wildman–Crippen LogP) is -1.78. The van der Waals surface area contributed by atoms with Crippen LogP contribution in [0, 0.1) is 0 Å². The van der Waals surface area contributed by atoms with Crippen molar-refractivity contribution in [3.63, 3.8) is 0 Å². The van der Waals surface area contributed by atoms with E-state index in [1.807, 2.05) is 6.92 Å². The van der Waals surface area contributed by atoms with E-state index < -0.39 is 0 Å². The minimum atomic E-state index is -0.259. The summed E-state index contributed by atoms with van der Waals surface area (Å²) in [7, 11) is 4.14. The summed E-state index contributed by atoms with van der Waals surface area (Å²) in [5.41, 5.74) is 0. The highest BCUT2D eigenvalue weighted by atomic mass is 35.5. The molecule has 0 bridgehead atoms. The number of nitrogens with zero attached hydrogens (tertiary/aromatic N) is 1. The molecule has 0 aliphatic carbocycles. The van der Waals surface area contributed by atoms with Crippen molar-refractivity contribution in [3.05, 3.63) is 0 Å². The summed E-state index contributed by atoms with van der Waals surface area (Å²) in [5.74, 6) is 0. The highest BCUT2D eigenvalue weighted by Gasteiger charge is 2.17. The first-order valence-corrected chi connectivity index (χ1v) is 5.06. The van der Waals surface area contributed by atoms with Gasteiger partial charge >= 0.3 is 0 Å². The molecule has 0 aromatic heterocycles. The molecule has 0 rings (SSSR count). The molecule has 0 spiro atoms. The van der Waals surface area contributed by atoms with Gasteiger partial charge in [-0.2, -0.15) is 0 Å². The Morgan fingerprint density at radius 3 is 2.36 bits per heavy atom. The monoisotopic (exact) mass is 225 g/mol. The van der Waals surface area contributed by atoms with Crippen molar-refractivity contribution in [2.75, 3.05) is 34.0 Å². The van der Waals surface area contributed by atoms with Crippen LogP contribution in [0.3, 0.4) is 0 Å². The van der Waals surface area contributed by atoms with Gasteiger partial charge in [0.15, 0.2) is 6.73 Å². The summed E-state index contributed by atoms with van der Waals surface area (Å²) in [6, 6.07) is 0. The molecule has 0 aliphatic heterocycles. The molecule has 3 nitrogen and oxygen atoms in total. The number of hydrogen-bond acceptors (Lipinski definition) is 2. The van der Waals surface area contributed by atoms with Crippen molar-refractivity contribution in [2.45, 2.75) is 32.8 Å². The molecule has 0 fully saturated rings. The Labute approximate surface area is 94.1 Å². The molecular formula is C10H24ClNO2. The normalized spacial score (nSPS) is 13.5. The fourth-order valence-electron chi connectivity index (χ4n) is 1.33. The first kappa shape index (κ1) is 16.6. The molecule has 4 heteroatoms. The lowest BCUT2D eigenvalue weighted by atomic mass is 10.3. The largest absolute Gasteiger partial charge is 1.00 e. The standard InChI is InChI=1S/C10H24NO2.ClH/c1-5-6-7-13-9-11(3,4)8-10(2)12;/h10,12H,5-9H2,1-4H3;1H/q+1;/p-1. The summed E-state index contributed by atoms with van der Waals surface area (Å²) in [5, 5.41) is 9.22. The van der Waals surface area contributed by atoms with Crippen LogP contribution in [0.25, 0.3) is 0 Å². The quantitative estimate of drug-likeness (QED) is 0.316. The molecule has 14 heavy (non-hydrogen) atoms. The Hall–Kier alpha value is 0.170. The summed E-state index contributed by atoms with van der Waals surface area (Å²) in [4.78, 5) is 0. The second-order valence-electron chi connectivity index (χ2n) is 4.36. The van der Waals surface area contributed by atoms with Crippen molar-refractivity contribution in [3.8, 4) is 0 Å². The smallest absolute Gasteiger partial charge is 0.182 e. The van der Waals surface area contributed by atoms with Gasteiger partial charge in [0.25, 0.3) is 0 Å². The molecule has 0 aromatic carbocycles. The van der Waals surface area contributed by atoms with E-state index in [9.17, 15) is 5.11 Å². The van der Waals surface area contributed by atoms with Gasteiger partial charge < -0.3 is 26.7 Å². The third-order valence-corrected chi connectivity index (χ3v) is 1.84. The van der Waals surface area contributed by atoms with E-state index in [-0.39, 0.29) is 18.5 Å². The molecule has 1 N–H and O–H groups in total. The number of halogens is 1. The van der Waals surface area contributed by atoms with Gasteiger partial charge in [-0.3, -0.25) is 0 Å². The SMILES string of the molecule is CCCCOC[N+](C)(C)CC(C)O.[Cl-]. The second-order valence-corrected chi connectivity index (χ2v) is 4.36. The zero-order valence-electron chi connectivity index (χ0n) is 9.79. The van der Waals surface area contributed by atoms with Crippen molar-refractivity contribution in [2.24, 2.45) is 0 Å². The van der Waals surface area contributed by atoms with Crippen molar-refractivity contribution in [1.82, 2.24) is 0 Å². The Morgan fingerprint density at radius 1 is 1.36 bits per heavy atom. The fourth-order valence-corrected chi connectivity index (χ4v) is 1.33. The van der Waals surface area contributed by atoms with Crippen molar-refractivity contribution >= 4 is 0 Å². The van der Waals surface area contributed by atoms with Crippen LogP contribution >= 0.6 is 0 Å². The van der Waals surface area contributed by atoms with Crippen LogP contribution in [-0.2, 0) is 4.74 Å². The van der Waals surface area contributed by atoms with E-state index >= 15 is 0 Å². The zero-order valence-corrected chi connectivity index (χ0v) is 10.5. The maximum atomic E-state index is 9.22. The topological polar surface area (TPSA) is 29.5 Å². The number of unbranched alkanes of at least 4 members (excludes halogenated alkanes) is 1. The number of hydrogen-bond donors (Lipinski definition) is 1. The molecule has 0 aromatic rings. The third kappa shape index (κ3) is 10.3. The van der Waals surface area contributed by atoms with Gasteiger partial charge in [-0.25, -0.2) is 0 Å². The Morgan fingerprint density at radius 2 is 1.93 bits per heavy atom. The van der Waals surface area contributed by atoms with Gasteiger partial charge in [0, 0.05) is 0 Å². The van der Waals surface area contributed by atoms with Crippen LogP contribution in [0.5, 0.6) is 0 Å². The number of quaternary nitrogens is 1. The van der Waals surface area contributed by atoms with Gasteiger partial charge in [0.05, 0.1) is 20.7 Å². The van der Waals surface area contributed by atoms with E-state index in [0.29, 0.717) is 6.73 Å². The zero-order chi connectivity index (χ0) is 10.3. The lowest BCUT2D eigenvalue weighted by molar-refractivity contribution is -0.912. The number of ether oxygens (including phenoxy) is 1. The maximum absolute atomic E-state index is 9.22. The lowest BCUT2D eigenvalue weighted by Gasteiger charge is -2.30. The summed E-state index contributed by atoms with van der Waals surface area (Å²) in [6.45, 7) is 6.22. The van der Waals surface area contributed by atoms with Gasteiger partial charge in [0.2, 0.25) is 0 Å². The highest BCUT2D eigenvalue weighted by molar-refractivity contribution is 4.41. The van der Waals surface area contributed by atoms with Gasteiger partial charge in [-0.05, 0) is 13.3 Å². The summed E-state index contributed by atoms with van der Waals surface area (Å²) < 4.78 is 6.22. The van der Waals surface area contributed by atoms with Crippen LogP contribution in [0.1, 0.15) is 26.7 Å². The lowest BCUT2D eigenvalue weighted by Crippen LogP contribution is -3.00. The Bertz CT molecular complexity index is 129.